The summed E-state index contributed by atoms with van der Waals surface area (Å²) < 4.78 is 5.50. The minimum Gasteiger partial charge on any atom is -0.490 e. The zero-order valence-electron chi connectivity index (χ0n) is 11.7. The lowest BCUT2D eigenvalue weighted by Gasteiger charge is -2.06. The van der Waals surface area contributed by atoms with Crippen molar-refractivity contribution in [2.24, 2.45) is 0 Å². The maximum Gasteiger partial charge on any atom is 0.322 e. The van der Waals surface area contributed by atoms with E-state index in [1.807, 2.05) is 19.9 Å². The van der Waals surface area contributed by atoms with Gasteiger partial charge in [-0.05, 0) is 37.6 Å². The Morgan fingerprint density at radius 3 is 2.45 bits per heavy atom. The molecule has 0 heterocycles. The fraction of sp³-hybridized carbons (Fsp3) is 0.333. The highest BCUT2D eigenvalue weighted by Gasteiger charge is 2.05. The van der Waals surface area contributed by atoms with Crippen molar-refractivity contribution in [2.45, 2.75) is 20.3 Å². The highest BCUT2D eigenvalue weighted by Crippen LogP contribution is 2.12. The third-order valence-electron chi connectivity index (χ3n) is 2.47. The first-order valence-corrected chi connectivity index (χ1v) is 6.31. The Bertz CT molecular complexity index is 487. The van der Waals surface area contributed by atoms with E-state index >= 15 is 0 Å². The van der Waals surface area contributed by atoms with E-state index in [1.165, 1.54) is 5.57 Å². The van der Waals surface area contributed by atoms with Gasteiger partial charge in [0.15, 0.2) is 0 Å². The summed E-state index contributed by atoms with van der Waals surface area (Å²) in [6, 6.07) is 7.16. The molecule has 0 fully saturated rings. The SMILES string of the molecule is CC(C)=CCOc1ccc(CC(=O)NCC(=O)O)cc1. The Kier molecular flexibility index (Phi) is 6.29. The molecule has 1 aromatic rings. The number of nitrogens with one attached hydrogen (secondary N) is 1. The maximum atomic E-state index is 11.4. The number of carbonyl (C=O) groups is 2. The van der Waals surface area contributed by atoms with E-state index in [9.17, 15) is 9.59 Å². The molecule has 1 rings (SSSR count). The second kappa shape index (κ2) is 7.99. The number of allylic oxidation sites excluding steroid dienone is 1. The molecule has 5 heteroatoms. The summed E-state index contributed by atoms with van der Waals surface area (Å²) in [4.78, 5) is 21.7. The Hall–Kier alpha value is -2.30. The first-order valence-electron chi connectivity index (χ1n) is 6.31. The molecule has 20 heavy (non-hydrogen) atoms. The van der Waals surface area contributed by atoms with Crippen molar-refractivity contribution < 1.29 is 19.4 Å². The van der Waals surface area contributed by atoms with E-state index in [2.05, 4.69) is 5.32 Å². The number of rotatable bonds is 7. The van der Waals surface area contributed by atoms with Crippen LogP contribution in [0.15, 0.2) is 35.9 Å². The predicted molar refractivity (Wildman–Crippen MR) is 75.7 cm³/mol. The first kappa shape index (κ1) is 15.8. The number of carbonyl (C=O) groups excluding carboxylic acids is 1. The summed E-state index contributed by atoms with van der Waals surface area (Å²) in [5.41, 5.74) is 2.00. The molecule has 1 amide bonds. The zero-order valence-corrected chi connectivity index (χ0v) is 11.7. The van der Waals surface area contributed by atoms with E-state index in [1.54, 1.807) is 24.3 Å². The normalized spacial score (nSPS) is 9.70. The zero-order chi connectivity index (χ0) is 15.0. The van der Waals surface area contributed by atoms with Crippen molar-refractivity contribution in [3.8, 4) is 5.75 Å². The highest BCUT2D eigenvalue weighted by atomic mass is 16.5. The van der Waals surface area contributed by atoms with Crippen LogP contribution in [0.25, 0.3) is 0 Å². The number of benzene rings is 1. The van der Waals surface area contributed by atoms with Gasteiger partial charge in [-0.15, -0.1) is 0 Å². The van der Waals surface area contributed by atoms with Crippen molar-refractivity contribution in [1.29, 1.82) is 0 Å². The number of aliphatic carboxylic acids is 1. The van der Waals surface area contributed by atoms with Crippen LogP contribution in [0.2, 0.25) is 0 Å². The van der Waals surface area contributed by atoms with Gasteiger partial charge < -0.3 is 15.2 Å². The highest BCUT2D eigenvalue weighted by molar-refractivity contribution is 5.82. The molecule has 108 valence electrons. The van der Waals surface area contributed by atoms with Crippen LogP contribution in [-0.4, -0.2) is 30.1 Å². The van der Waals surface area contributed by atoms with Gasteiger partial charge >= 0.3 is 5.97 Å². The van der Waals surface area contributed by atoms with Crippen molar-refractivity contribution in [3.63, 3.8) is 0 Å². The monoisotopic (exact) mass is 277 g/mol. The fourth-order valence-corrected chi connectivity index (χ4v) is 1.43. The fourth-order valence-electron chi connectivity index (χ4n) is 1.43. The molecule has 1 aromatic carbocycles. The smallest absolute Gasteiger partial charge is 0.322 e. The summed E-state index contributed by atoms with van der Waals surface area (Å²) in [6.45, 7) is 4.16. The molecule has 0 saturated carbocycles. The van der Waals surface area contributed by atoms with Gasteiger partial charge in [-0.3, -0.25) is 9.59 Å². The third-order valence-corrected chi connectivity index (χ3v) is 2.47. The Balaban J connectivity index is 2.44. The number of hydrogen-bond acceptors (Lipinski definition) is 3. The van der Waals surface area contributed by atoms with Crippen molar-refractivity contribution >= 4 is 11.9 Å². The Labute approximate surface area is 118 Å². The van der Waals surface area contributed by atoms with Gasteiger partial charge in [0.25, 0.3) is 0 Å². The Morgan fingerprint density at radius 2 is 1.90 bits per heavy atom. The minimum atomic E-state index is -1.05. The van der Waals surface area contributed by atoms with Crippen LogP contribution in [-0.2, 0) is 16.0 Å². The molecule has 0 saturated heterocycles. The van der Waals surface area contributed by atoms with Gasteiger partial charge in [-0.2, -0.15) is 0 Å². The van der Waals surface area contributed by atoms with Crippen LogP contribution in [0.3, 0.4) is 0 Å². The van der Waals surface area contributed by atoms with Crippen LogP contribution < -0.4 is 10.1 Å². The van der Waals surface area contributed by atoms with Crippen LogP contribution in [0.5, 0.6) is 5.75 Å². The van der Waals surface area contributed by atoms with Gasteiger partial charge in [-0.1, -0.05) is 17.7 Å². The standard InChI is InChI=1S/C15H19NO4/c1-11(2)7-8-20-13-5-3-12(4-6-13)9-14(17)16-10-15(18)19/h3-7H,8-10H2,1-2H3,(H,16,17)(H,18,19). The average molecular weight is 277 g/mol. The molecular weight excluding hydrogens is 258 g/mol. The summed E-state index contributed by atoms with van der Waals surface area (Å²) in [5, 5.41) is 10.8. The first-order chi connectivity index (χ1) is 9.47. The summed E-state index contributed by atoms with van der Waals surface area (Å²) in [6.07, 6.45) is 2.13. The lowest BCUT2D eigenvalue weighted by atomic mass is 10.1. The van der Waals surface area contributed by atoms with Gasteiger partial charge in [0.1, 0.15) is 18.9 Å². The molecular formula is C15H19NO4. The Morgan fingerprint density at radius 1 is 1.25 bits per heavy atom. The topological polar surface area (TPSA) is 75.6 Å². The largest absolute Gasteiger partial charge is 0.490 e. The maximum absolute atomic E-state index is 11.4. The molecule has 0 aliphatic carbocycles. The van der Waals surface area contributed by atoms with Gasteiger partial charge in [0.2, 0.25) is 5.91 Å². The quantitative estimate of drug-likeness (QED) is 0.745. The van der Waals surface area contributed by atoms with E-state index in [0.29, 0.717) is 6.61 Å². The van der Waals surface area contributed by atoms with E-state index < -0.39 is 5.97 Å². The van der Waals surface area contributed by atoms with Crippen molar-refractivity contribution in [3.05, 3.63) is 41.5 Å². The van der Waals surface area contributed by atoms with Crippen LogP contribution in [0.1, 0.15) is 19.4 Å². The van der Waals surface area contributed by atoms with E-state index in [0.717, 1.165) is 11.3 Å². The summed E-state index contributed by atoms with van der Waals surface area (Å²) in [5.74, 6) is -0.635. The van der Waals surface area contributed by atoms with E-state index in [4.69, 9.17) is 9.84 Å². The number of amides is 1. The molecule has 0 bridgehead atoms. The van der Waals surface area contributed by atoms with Crippen molar-refractivity contribution in [2.75, 3.05) is 13.2 Å². The molecule has 0 spiro atoms. The third kappa shape index (κ3) is 6.58. The molecule has 0 unspecified atom stereocenters. The van der Waals surface area contributed by atoms with Crippen LogP contribution >= 0.6 is 0 Å². The number of carboxylic acid groups (broad SMARTS) is 1. The van der Waals surface area contributed by atoms with Crippen molar-refractivity contribution in [1.82, 2.24) is 5.32 Å². The van der Waals surface area contributed by atoms with Gasteiger partial charge in [0, 0.05) is 0 Å². The second-order valence-electron chi connectivity index (χ2n) is 4.58. The van der Waals surface area contributed by atoms with Gasteiger partial charge in [-0.25, -0.2) is 0 Å². The number of hydrogen-bond donors (Lipinski definition) is 2. The molecule has 0 aliphatic heterocycles. The molecule has 2 N–H and O–H groups in total. The lowest BCUT2D eigenvalue weighted by Crippen LogP contribution is -2.30. The minimum absolute atomic E-state index is 0.154. The number of ether oxygens (including phenoxy) is 1. The summed E-state index contributed by atoms with van der Waals surface area (Å²) in [7, 11) is 0. The van der Waals surface area contributed by atoms with Gasteiger partial charge in [0.05, 0.1) is 6.42 Å². The van der Waals surface area contributed by atoms with E-state index in [-0.39, 0.29) is 18.9 Å². The number of carboxylic acids is 1. The molecule has 0 aliphatic rings. The predicted octanol–water partition coefficient (Wildman–Crippen LogP) is 1.77. The molecule has 0 atom stereocenters. The summed E-state index contributed by atoms with van der Waals surface area (Å²) >= 11 is 0. The molecule has 0 aromatic heterocycles. The average Bonchev–Trinajstić information content (AvgIpc) is 2.38. The van der Waals surface area contributed by atoms with Crippen LogP contribution in [0.4, 0.5) is 0 Å². The lowest BCUT2D eigenvalue weighted by molar-refractivity contribution is -0.137. The molecule has 5 nitrogen and oxygen atoms in total. The molecule has 0 radical (unpaired) electrons. The van der Waals surface area contributed by atoms with Crippen LogP contribution in [0, 0.1) is 0 Å². The second-order valence-corrected chi connectivity index (χ2v) is 4.58.